The van der Waals surface area contributed by atoms with E-state index < -0.39 is 5.89 Å². The Morgan fingerprint density at radius 1 is 0.516 bits per heavy atom. The molecule has 62 heavy (non-hydrogen) atoms. The number of rotatable bonds is 9. The van der Waals surface area contributed by atoms with Gasteiger partial charge in [0.15, 0.2) is 0 Å². The number of benzene rings is 8. The van der Waals surface area contributed by atoms with Crippen molar-refractivity contribution in [1.29, 1.82) is 0 Å². The van der Waals surface area contributed by atoms with Gasteiger partial charge in [-0.05, 0) is 86.8 Å². The average Bonchev–Trinajstić information content (AvgIpc) is 3.72. The van der Waals surface area contributed by atoms with Gasteiger partial charge in [-0.25, -0.2) is 4.98 Å². The molecule has 0 aliphatic carbocycles. The van der Waals surface area contributed by atoms with Crippen molar-refractivity contribution in [1.82, 2.24) is 14.5 Å². The van der Waals surface area contributed by atoms with Crippen LogP contribution in [0.15, 0.2) is 206 Å². The van der Waals surface area contributed by atoms with Gasteiger partial charge in [0.05, 0.1) is 16.6 Å². The third-order valence-corrected chi connectivity index (χ3v) is 11.3. The summed E-state index contributed by atoms with van der Waals surface area (Å²) in [4.78, 5) is 10.3. The first-order valence-corrected chi connectivity index (χ1v) is 20.5. The summed E-state index contributed by atoms with van der Waals surface area (Å²) in [6.45, 7) is 3.85. The summed E-state index contributed by atoms with van der Waals surface area (Å²) < 4.78 is 11.4. The second kappa shape index (κ2) is 17.5. The molecule has 0 spiro atoms. The van der Waals surface area contributed by atoms with Gasteiger partial charge in [-0.3, -0.25) is 9.55 Å². The summed E-state index contributed by atoms with van der Waals surface area (Å²) in [5.41, 5.74) is 16.1. The smallest absolute Gasteiger partial charge is 0.148 e. The van der Waals surface area contributed by atoms with Crippen LogP contribution < -0.4 is 0 Å². The number of para-hydroxylation sites is 2. The van der Waals surface area contributed by atoms with E-state index in [-0.39, 0.29) is 26.8 Å². The number of nitrogens with zero attached hydrogens (tertiary/aromatic N) is 3. The number of phenols is 1. The normalized spacial score (nSPS) is 11.5. The van der Waals surface area contributed by atoms with Gasteiger partial charge in [0.25, 0.3) is 0 Å². The number of hydrogen-bond acceptors (Lipinski definition) is 3. The molecule has 0 fully saturated rings. The monoisotopic (exact) mass is 980 g/mol. The van der Waals surface area contributed by atoms with Crippen LogP contribution in [0.1, 0.15) is 26.7 Å². The second-order valence-corrected chi connectivity index (χ2v) is 15.5. The number of aromatic hydroxyl groups is 1. The number of phenolic OH excluding ortho intramolecular Hbond substituents is 1. The summed E-state index contributed by atoms with van der Waals surface area (Å²) in [7, 11) is 0. The van der Waals surface area contributed by atoms with Gasteiger partial charge in [-0.2, -0.15) is 0 Å². The Kier molecular flexibility index (Phi) is 11.0. The molecule has 0 unspecified atom stereocenters. The maximum absolute atomic E-state index is 11.3. The minimum atomic E-state index is -0.905. The van der Waals surface area contributed by atoms with Crippen LogP contribution in [0.3, 0.4) is 0 Å². The van der Waals surface area contributed by atoms with Gasteiger partial charge in [0.2, 0.25) is 0 Å². The molecule has 4 nitrogen and oxygen atoms in total. The Labute approximate surface area is 378 Å². The van der Waals surface area contributed by atoms with Crippen molar-refractivity contribution in [3.8, 4) is 89.7 Å². The SMILES string of the molecule is [2H]C(C)(C)c1cc(-n2c(-c3ccccc3O)nc3c(-c4[c-]c(-c5cc(-c6ccc(-c7ccccc7)cc6)ccn5)cc(-c5ccccc5)c4)cccc32)ccc1-c1ccccc1.[Pt]. The fraction of sp³-hybridized carbons (Fsp3) is 0.0526. The standard InChI is InChI=1S/C57H42N3O.Pt/c1-38(2)52-37-48(29-30-49(52)43-19-10-5-11-20-43)60-54-23-14-22-50(56(54)59-57(60)51-21-12-13-24-55(51)61)46-33-45(40-17-8-4-9-18-40)34-47(35-46)53-36-44(31-32-58-53)42-27-25-41(26-28-42)39-15-6-3-7-16-39;/h3-34,36-38,61H,1-2H3;/q-1;/i38D;. The molecule has 0 bridgehead atoms. The first kappa shape index (κ1) is 39.0. The minimum absolute atomic E-state index is 0. The van der Waals surface area contributed by atoms with E-state index in [1.54, 1.807) is 6.07 Å². The molecule has 8 aromatic carbocycles. The molecule has 302 valence electrons. The zero-order valence-corrected chi connectivity index (χ0v) is 36.5. The fourth-order valence-electron chi connectivity index (χ4n) is 8.27. The maximum atomic E-state index is 11.3. The van der Waals surface area contributed by atoms with Crippen molar-refractivity contribution in [3.05, 3.63) is 218 Å². The van der Waals surface area contributed by atoms with Crippen LogP contribution in [0.25, 0.3) is 95.0 Å². The molecule has 10 rings (SSSR count). The Hall–Kier alpha value is -7.13. The van der Waals surface area contributed by atoms with E-state index in [2.05, 4.69) is 156 Å². The summed E-state index contributed by atoms with van der Waals surface area (Å²) >= 11 is 0. The van der Waals surface area contributed by atoms with Crippen LogP contribution in [0.2, 0.25) is 0 Å². The quantitative estimate of drug-likeness (QED) is 0.147. The molecule has 5 heteroatoms. The van der Waals surface area contributed by atoms with Crippen LogP contribution >= 0.6 is 0 Å². The van der Waals surface area contributed by atoms with E-state index in [1.807, 2.05) is 68.6 Å². The zero-order valence-electron chi connectivity index (χ0n) is 35.2. The molecule has 1 N–H and O–H groups in total. The van der Waals surface area contributed by atoms with Gasteiger partial charge in [0.1, 0.15) is 11.6 Å². The third kappa shape index (κ3) is 7.82. The molecule has 2 heterocycles. The summed E-state index contributed by atoms with van der Waals surface area (Å²) in [6, 6.07) is 71.8. The van der Waals surface area contributed by atoms with Crippen molar-refractivity contribution < 1.29 is 27.5 Å². The average molecular weight is 981 g/mol. The Morgan fingerprint density at radius 3 is 1.77 bits per heavy atom. The van der Waals surface area contributed by atoms with Gasteiger partial charge in [0, 0.05) is 40.0 Å². The number of hydrogen-bond donors (Lipinski definition) is 1. The molecule has 0 amide bonds. The van der Waals surface area contributed by atoms with E-state index in [9.17, 15) is 6.48 Å². The Bertz CT molecular complexity index is 3210. The van der Waals surface area contributed by atoms with Crippen molar-refractivity contribution in [2.45, 2.75) is 19.7 Å². The molecule has 0 saturated heterocycles. The van der Waals surface area contributed by atoms with E-state index in [1.165, 1.54) is 11.1 Å². The number of fused-ring (bicyclic) bond motifs is 1. The molecule has 0 aliphatic heterocycles. The molecular weight excluding hydrogens is 938 g/mol. The van der Waals surface area contributed by atoms with E-state index in [0.717, 1.165) is 78.0 Å². The Morgan fingerprint density at radius 2 is 1.10 bits per heavy atom. The van der Waals surface area contributed by atoms with E-state index in [4.69, 9.17) is 9.97 Å². The topological polar surface area (TPSA) is 50.9 Å². The van der Waals surface area contributed by atoms with Gasteiger partial charge < -0.3 is 5.11 Å². The summed E-state index contributed by atoms with van der Waals surface area (Å²) in [5, 5.41) is 11.3. The number of imidazole rings is 1. The van der Waals surface area contributed by atoms with Crippen LogP contribution in [0.5, 0.6) is 5.75 Å². The molecule has 0 aliphatic rings. The predicted octanol–water partition coefficient (Wildman–Crippen LogP) is 14.7. The van der Waals surface area contributed by atoms with E-state index in [0.29, 0.717) is 11.4 Å². The van der Waals surface area contributed by atoms with E-state index >= 15 is 0 Å². The zero-order chi connectivity index (χ0) is 42.2. The van der Waals surface area contributed by atoms with Gasteiger partial charge in [-0.1, -0.05) is 182 Å². The van der Waals surface area contributed by atoms with Crippen molar-refractivity contribution in [3.63, 3.8) is 0 Å². The third-order valence-electron chi connectivity index (χ3n) is 11.3. The van der Waals surface area contributed by atoms with Gasteiger partial charge in [-0.15, -0.1) is 23.8 Å². The van der Waals surface area contributed by atoms with Crippen molar-refractivity contribution in [2.75, 3.05) is 0 Å². The first-order chi connectivity index (χ1) is 30.3. The predicted molar refractivity (Wildman–Crippen MR) is 252 cm³/mol. The molecule has 0 atom stereocenters. The molecule has 0 saturated carbocycles. The van der Waals surface area contributed by atoms with Crippen LogP contribution in [-0.4, -0.2) is 19.6 Å². The molecular formula is C57H42N3OPt-. The van der Waals surface area contributed by atoms with Crippen LogP contribution in [0, 0.1) is 6.07 Å². The fourth-order valence-corrected chi connectivity index (χ4v) is 8.27. The van der Waals surface area contributed by atoms with Crippen LogP contribution in [-0.2, 0) is 21.1 Å². The van der Waals surface area contributed by atoms with Crippen molar-refractivity contribution >= 4 is 11.0 Å². The largest absolute Gasteiger partial charge is 0.507 e. The number of pyridine rings is 1. The van der Waals surface area contributed by atoms with Crippen molar-refractivity contribution in [2.24, 2.45) is 0 Å². The molecule has 0 radical (unpaired) electrons. The van der Waals surface area contributed by atoms with Gasteiger partial charge >= 0.3 is 0 Å². The second-order valence-electron chi connectivity index (χ2n) is 15.5. The molecule has 2 aromatic heterocycles. The minimum Gasteiger partial charge on any atom is -0.507 e. The Balaban J connectivity index is 0.00000504. The van der Waals surface area contributed by atoms with Crippen LogP contribution in [0.4, 0.5) is 0 Å². The summed E-state index contributed by atoms with van der Waals surface area (Å²) in [5.74, 6) is -0.176. The molecule has 10 aromatic rings. The number of aromatic nitrogens is 3. The summed E-state index contributed by atoms with van der Waals surface area (Å²) in [6.07, 6.45) is 1.87. The first-order valence-electron chi connectivity index (χ1n) is 21.0. The maximum Gasteiger partial charge on any atom is 0.148 e.